The van der Waals surface area contributed by atoms with Gasteiger partial charge in [0.2, 0.25) is 5.91 Å². The van der Waals surface area contributed by atoms with Crippen LogP contribution in [-0.2, 0) is 4.79 Å². The Morgan fingerprint density at radius 2 is 2.05 bits per heavy atom. The first-order chi connectivity index (χ1) is 10.6. The summed E-state index contributed by atoms with van der Waals surface area (Å²) in [6.45, 7) is 4.07. The Labute approximate surface area is 133 Å². The molecular weight excluding hydrogens is 298 g/mol. The van der Waals surface area contributed by atoms with E-state index in [9.17, 15) is 9.59 Å². The van der Waals surface area contributed by atoms with Crippen molar-refractivity contribution in [2.24, 2.45) is 0 Å². The first kappa shape index (κ1) is 16.3. The first-order valence-corrected chi connectivity index (χ1v) is 8.11. The standard InChI is InChI=1S/C16H19N3O2S/c1-3-13(12-6-4-11(2)5-7-12)18-15(21)10-22-16-17-9-8-14(20)19-16/h4-9,13H,3,10H2,1-2H3,(H,18,21)(H,17,19,20)/t13-/m0/s1. The maximum absolute atomic E-state index is 12.1. The van der Waals surface area contributed by atoms with E-state index in [0.717, 1.165) is 12.0 Å². The second kappa shape index (κ2) is 7.79. The molecule has 0 radical (unpaired) electrons. The molecule has 0 aliphatic heterocycles. The van der Waals surface area contributed by atoms with Crippen LogP contribution in [-0.4, -0.2) is 21.6 Å². The quantitative estimate of drug-likeness (QED) is 0.634. The number of thioether (sulfide) groups is 1. The minimum absolute atomic E-state index is 0.00326. The van der Waals surface area contributed by atoms with Crippen molar-refractivity contribution in [2.75, 3.05) is 5.75 Å². The summed E-state index contributed by atoms with van der Waals surface area (Å²) in [5, 5.41) is 3.46. The lowest BCUT2D eigenvalue weighted by Gasteiger charge is -2.17. The molecule has 2 aromatic rings. The number of H-pyrrole nitrogens is 1. The largest absolute Gasteiger partial charge is 0.349 e. The van der Waals surface area contributed by atoms with Crippen molar-refractivity contribution in [3.63, 3.8) is 0 Å². The van der Waals surface area contributed by atoms with Crippen LogP contribution < -0.4 is 10.9 Å². The monoisotopic (exact) mass is 317 g/mol. The van der Waals surface area contributed by atoms with Crippen LogP contribution in [0.4, 0.5) is 0 Å². The number of aromatic nitrogens is 2. The van der Waals surface area contributed by atoms with Crippen LogP contribution in [0.3, 0.4) is 0 Å². The minimum Gasteiger partial charge on any atom is -0.349 e. The van der Waals surface area contributed by atoms with Crippen LogP contribution in [0.15, 0.2) is 46.5 Å². The van der Waals surface area contributed by atoms with Crippen LogP contribution in [0.25, 0.3) is 0 Å². The van der Waals surface area contributed by atoms with Gasteiger partial charge in [-0.2, -0.15) is 0 Å². The molecule has 0 spiro atoms. The molecule has 0 unspecified atom stereocenters. The lowest BCUT2D eigenvalue weighted by atomic mass is 10.0. The fourth-order valence-corrected chi connectivity index (χ4v) is 2.67. The third-order valence-electron chi connectivity index (χ3n) is 3.21. The zero-order valence-corrected chi connectivity index (χ0v) is 13.4. The van der Waals surface area contributed by atoms with Crippen LogP contribution in [0.2, 0.25) is 0 Å². The van der Waals surface area contributed by atoms with Crippen LogP contribution in [0, 0.1) is 6.92 Å². The molecule has 0 aliphatic carbocycles. The molecule has 116 valence electrons. The zero-order valence-electron chi connectivity index (χ0n) is 12.6. The molecule has 22 heavy (non-hydrogen) atoms. The maximum Gasteiger partial charge on any atom is 0.251 e. The number of nitrogens with zero attached hydrogens (tertiary/aromatic N) is 1. The molecule has 1 aromatic carbocycles. The lowest BCUT2D eigenvalue weighted by Crippen LogP contribution is -2.29. The second-order valence-electron chi connectivity index (χ2n) is 4.97. The van der Waals surface area contributed by atoms with E-state index in [2.05, 4.69) is 15.3 Å². The number of carbonyl (C=O) groups excluding carboxylic acids is 1. The Bertz CT molecular complexity index is 682. The topological polar surface area (TPSA) is 74.8 Å². The van der Waals surface area contributed by atoms with Crippen molar-refractivity contribution < 1.29 is 4.79 Å². The Morgan fingerprint density at radius 1 is 1.32 bits per heavy atom. The number of benzene rings is 1. The van der Waals surface area contributed by atoms with E-state index in [1.54, 1.807) is 0 Å². The van der Waals surface area contributed by atoms with E-state index in [4.69, 9.17) is 0 Å². The molecule has 1 atom stereocenters. The number of carbonyl (C=O) groups is 1. The van der Waals surface area contributed by atoms with Gasteiger partial charge in [0.25, 0.3) is 5.56 Å². The van der Waals surface area contributed by atoms with Gasteiger partial charge >= 0.3 is 0 Å². The first-order valence-electron chi connectivity index (χ1n) is 7.12. The molecule has 0 aliphatic rings. The summed E-state index contributed by atoms with van der Waals surface area (Å²) in [6, 6.07) is 9.49. The van der Waals surface area contributed by atoms with Gasteiger partial charge in [0, 0.05) is 12.3 Å². The van der Waals surface area contributed by atoms with Gasteiger partial charge < -0.3 is 10.3 Å². The van der Waals surface area contributed by atoms with Gasteiger partial charge in [-0.25, -0.2) is 4.98 Å². The highest BCUT2D eigenvalue weighted by Gasteiger charge is 2.13. The van der Waals surface area contributed by atoms with Gasteiger partial charge in [0.1, 0.15) is 0 Å². The van der Waals surface area contributed by atoms with Crippen LogP contribution >= 0.6 is 11.8 Å². The number of aromatic amines is 1. The number of hydrogen-bond acceptors (Lipinski definition) is 4. The molecule has 2 rings (SSSR count). The Balaban J connectivity index is 1.92. The molecule has 0 saturated heterocycles. The zero-order chi connectivity index (χ0) is 15.9. The number of amides is 1. The van der Waals surface area contributed by atoms with E-state index < -0.39 is 0 Å². The second-order valence-corrected chi connectivity index (χ2v) is 5.93. The Hall–Kier alpha value is -2.08. The highest BCUT2D eigenvalue weighted by molar-refractivity contribution is 7.99. The predicted molar refractivity (Wildman–Crippen MR) is 87.9 cm³/mol. The summed E-state index contributed by atoms with van der Waals surface area (Å²) in [6.07, 6.45) is 2.25. The number of hydrogen-bond donors (Lipinski definition) is 2. The Morgan fingerprint density at radius 3 is 2.68 bits per heavy atom. The maximum atomic E-state index is 12.1. The lowest BCUT2D eigenvalue weighted by molar-refractivity contribution is -0.119. The summed E-state index contributed by atoms with van der Waals surface area (Å²) in [7, 11) is 0. The van der Waals surface area contributed by atoms with Crippen molar-refractivity contribution in [3.8, 4) is 0 Å². The highest BCUT2D eigenvalue weighted by Crippen LogP contribution is 2.18. The van der Waals surface area contributed by atoms with Crippen molar-refractivity contribution >= 4 is 17.7 Å². The van der Waals surface area contributed by atoms with E-state index in [-0.39, 0.29) is 23.3 Å². The third-order valence-corrected chi connectivity index (χ3v) is 4.10. The highest BCUT2D eigenvalue weighted by atomic mass is 32.2. The number of aryl methyl sites for hydroxylation is 1. The van der Waals surface area contributed by atoms with Gasteiger partial charge in [-0.1, -0.05) is 48.5 Å². The molecule has 6 heteroatoms. The molecule has 0 fully saturated rings. The van der Waals surface area contributed by atoms with E-state index in [1.165, 1.54) is 29.6 Å². The fraction of sp³-hybridized carbons (Fsp3) is 0.312. The number of rotatable bonds is 6. The predicted octanol–water partition coefficient (Wildman–Crippen LogP) is 2.44. The molecule has 1 heterocycles. The summed E-state index contributed by atoms with van der Waals surface area (Å²) in [4.78, 5) is 29.8. The molecule has 0 bridgehead atoms. The molecule has 0 saturated carbocycles. The summed E-state index contributed by atoms with van der Waals surface area (Å²) < 4.78 is 0. The average molecular weight is 317 g/mol. The van der Waals surface area contributed by atoms with Crippen molar-refractivity contribution in [3.05, 3.63) is 58.0 Å². The van der Waals surface area contributed by atoms with Crippen molar-refractivity contribution in [2.45, 2.75) is 31.5 Å². The SMILES string of the molecule is CC[C@H](NC(=O)CSc1nccc(=O)[nH]1)c1ccc(C)cc1. The van der Waals surface area contributed by atoms with Gasteiger partial charge in [-0.3, -0.25) is 9.59 Å². The third kappa shape index (κ3) is 4.73. The smallest absolute Gasteiger partial charge is 0.251 e. The summed E-state index contributed by atoms with van der Waals surface area (Å²) in [5.41, 5.74) is 2.07. The molecule has 1 aromatic heterocycles. The Kier molecular flexibility index (Phi) is 5.77. The van der Waals surface area contributed by atoms with Gasteiger partial charge in [0.05, 0.1) is 11.8 Å². The molecular formula is C16H19N3O2S. The van der Waals surface area contributed by atoms with Crippen LogP contribution in [0.1, 0.15) is 30.5 Å². The average Bonchev–Trinajstić information content (AvgIpc) is 2.52. The summed E-state index contributed by atoms with van der Waals surface area (Å²) >= 11 is 1.21. The molecule has 2 N–H and O–H groups in total. The molecule has 1 amide bonds. The van der Waals surface area contributed by atoms with E-state index in [1.807, 2.05) is 38.1 Å². The van der Waals surface area contributed by atoms with Gasteiger partial charge in [0.15, 0.2) is 5.16 Å². The summed E-state index contributed by atoms with van der Waals surface area (Å²) in [5.74, 6) is 0.138. The fourth-order valence-electron chi connectivity index (χ4n) is 2.02. The van der Waals surface area contributed by atoms with E-state index in [0.29, 0.717) is 5.16 Å². The normalized spacial score (nSPS) is 11.9. The van der Waals surface area contributed by atoms with E-state index >= 15 is 0 Å². The molecule has 5 nitrogen and oxygen atoms in total. The van der Waals surface area contributed by atoms with Crippen molar-refractivity contribution in [1.29, 1.82) is 0 Å². The van der Waals surface area contributed by atoms with Crippen molar-refractivity contribution in [1.82, 2.24) is 15.3 Å². The van der Waals surface area contributed by atoms with Crippen LogP contribution in [0.5, 0.6) is 0 Å². The van der Waals surface area contributed by atoms with Gasteiger partial charge in [-0.15, -0.1) is 0 Å². The van der Waals surface area contributed by atoms with Gasteiger partial charge in [-0.05, 0) is 18.9 Å². The number of nitrogens with one attached hydrogen (secondary N) is 2. The minimum atomic E-state index is -0.219.